The first-order valence-corrected chi connectivity index (χ1v) is 25.7. The van der Waals surface area contributed by atoms with E-state index in [-0.39, 0.29) is 39.2 Å². The summed E-state index contributed by atoms with van der Waals surface area (Å²) >= 11 is 1.98. The molecule has 0 saturated heterocycles. The van der Waals surface area contributed by atoms with E-state index in [1.807, 2.05) is 11.8 Å². The Bertz CT molecular complexity index is 1190. The van der Waals surface area contributed by atoms with Crippen LogP contribution >= 0.6 is 11.8 Å². The van der Waals surface area contributed by atoms with Crippen molar-refractivity contribution in [2.45, 2.75) is 181 Å². The molecule has 0 aromatic carbocycles. The minimum Gasteiger partial charge on any atom is -0.414 e. The monoisotopic (exact) mass is 688 g/mol. The molecule has 0 aromatic rings. The highest BCUT2D eigenvalue weighted by Gasteiger charge is 2.59. The van der Waals surface area contributed by atoms with Crippen molar-refractivity contribution in [3.63, 3.8) is 0 Å². The molecule has 0 aromatic heterocycles. The first kappa shape index (κ1) is 38.7. The highest BCUT2D eigenvalue weighted by Crippen LogP contribution is 2.65. The zero-order valence-corrected chi connectivity index (χ0v) is 35.4. The van der Waals surface area contributed by atoms with E-state index in [4.69, 9.17) is 8.85 Å². The molecule has 1 N–H and O–H groups in total. The lowest BCUT2D eigenvalue weighted by Crippen LogP contribution is -2.58. The van der Waals surface area contributed by atoms with Gasteiger partial charge >= 0.3 is 0 Å². The van der Waals surface area contributed by atoms with Gasteiger partial charge in [-0.1, -0.05) is 117 Å². The smallest absolute Gasteiger partial charge is 0.192 e. The van der Waals surface area contributed by atoms with Gasteiger partial charge in [-0.2, -0.15) is 11.8 Å². The lowest BCUT2D eigenvalue weighted by molar-refractivity contribution is -0.0386. The van der Waals surface area contributed by atoms with Gasteiger partial charge in [0.1, 0.15) is 0 Å². The van der Waals surface area contributed by atoms with Gasteiger partial charge in [-0.05, 0) is 98.5 Å². The highest BCUT2D eigenvalue weighted by atomic mass is 32.2. The van der Waals surface area contributed by atoms with Gasteiger partial charge in [0.25, 0.3) is 0 Å². The number of thioether (sulfide) groups is 1. The molecular weight excluding hydrogens is 617 g/mol. The van der Waals surface area contributed by atoms with E-state index in [0.29, 0.717) is 23.0 Å². The molecule has 0 radical (unpaired) electrons. The van der Waals surface area contributed by atoms with Crippen LogP contribution in [0.15, 0.2) is 34.9 Å². The second-order valence-electron chi connectivity index (χ2n) is 19.0. The molecule has 8 atom stereocenters. The molecule has 4 rings (SSSR count). The third kappa shape index (κ3) is 7.06. The van der Waals surface area contributed by atoms with Gasteiger partial charge in [0.05, 0.1) is 18.3 Å². The molecule has 264 valence electrons. The molecule has 0 bridgehead atoms. The van der Waals surface area contributed by atoms with Crippen molar-refractivity contribution in [3.05, 3.63) is 34.9 Å². The summed E-state index contributed by atoms with van der Waals surface area (Å²) in [5.74, 6) is 2.35. The van der Waals surface area contributed by atoms with E-state index >= 15 is 0 Å². The summed E-state index contributed by atoms with van der Waals surface area (Å²) in [4.78, 5) is 0. The lowest BCUT2D eigenvalue weighted by Gasteiger charge is -2.59. The van der Waals surface area contributed by atoms with Crippen LogP contribution in [0.25, 0.3) is 0 Å². The average molecular weight is 689 g/mol. The van der Waals surface area contributed by atoms with Crippen LogP contribution in [0.2, 0.25) is 36.3 Å². The molecule has 46 heavy (non-hydrogen) atoms. The summed E-state index contributed by atoms with van der Waals surface area (Å²) in [5, 5.41) is 11.7. The summed E-state index contributed by atoms with van der Waals surface area (Å²) in [5.41, 5.74) is 5.12. The fourth-order valence-electron chi connectivity index (χ4n) is 8.94. The number of aliphatic hydroxyl groups excluding tert-OH is 1. The normalized spacial score (nSPS) is 33.5. The Morgan fingerprint density at radius 2 is 1.52 bits per heavy atom. The van der Waals surface area contributed by atoms with Gasteiger partial charge in [-0.3, -0.25) is 0 Å². The van der Waals surface area contributed by atoms with E-state index in [1.165, 1.54) is 12.8 Å². The second kappa shape index (κ2) is 13.5. The second-order valence-corrected chi connectivity index (χ2v) is 29.9. The Morgan fingerprint density at radius 3 is 2.09 bits per heavy atom. The van der Waals surface area contributed by atoms with Crippen molar-refractivity contribution in [2.24, 2.45) is 28.6 Å². The zero-order chi connectivity index (χ0) is 34.7. The van der Waals surface area contributed by atoms with Crippen LogP contribution in [0.4, 0.5) is 0 Å². The summed E-state index contributed by atoms with van der Waals surface area (Å²) in [6, 6.07) is 0. The maximum absolute atomic E-state index is 10.9. The molecule has 2 saturated carbocycles. The first-order valence-electron chi connectivity index (χ1n) is 18.8. The molecule has 0 aliphatic heterocycles. The van der Waals surface area contributed by atoms with Crippen LogP contribution in [-0.4, -0.2) is 51.1 Å². The Hall–Kier alpha value is -0.116. The number of hydrogen-bond donors (Lipinski definition) is 1. The van der Waals surface area contributed by atoms with Crippen molar-refractivity contribution >= 4 is 28.4 Å². The van der Waals surface area contributed by atoms with Crippen LogP contribution in [0.3, 0.4) is 0 Å². The van der Waals surface area contributed by atoms with Crippen molar-refractivity contribution in [1.82, 2.24) is 0 Å². The van der Waals surface area contributed by atoms with Gasteiger partial charge in [0.15, 0.2) is 16.6 Å². The minimum absolute atomic E-state index is 0.0107. The Balaban J connectivity index is 1.63. The minimum atomic E-state index is -2.02. The number of rotatable bonds is 11. The molecule has 0 amide bonds. The fourth-order valence-corrected chi connectivity index (χ4v) is 13.0. The average Bonchev–Trinajstić information content (AvgIpc) is 3.29. The lowest BCUT2D eigenvalue weighted by atomic mass is 9.49. The molecular formula is C40H72O3SSi2. The van der Waals surface area contributed by atoms with Crippen LogP contribution < -0.4 is 0 Å². The Kier molecular flexibility index (Phi) is 11.4. The van der Waals surface area contributed by atoms with Gasteiger partial charge < -0.3 is 14.0 Å². The quantitative estimate of drug-likeness (QED) is 0.173. The molecule has 4 aliphatic carbocycles. The van der Waals surface area contributed by atoms with Crippen LogP contribution in [-0.2, 0) is 8.85 Å². The molecule has 2 fully saturated rings. The predicted molar refractivity (Wildman–Crippen MR) is 207 cm³/mol. The number of allylic oxidation sites excluding steroid dienone is 4. The molecule has 0 unspecified atom stereocenters. The van der Waals surface area contributed by atoms with Crippen molar-refractivity contribution in [1.29, 1.82) is 0 Å². The van der Waals surface area contributed by atoms with Crippen LogP contribution in [0.1, 0.15) is 121 Å². The first-order chi connectivity index (χ1) is 21.0. The van der Waals surface area contributed by atoms with Gasteiger partial charge in [-0.15, -0.1) is 0 Å². The topological polar surface area (TPSA) is 38.7 Å². The van der Waals surface area contributed by atoms with E-state index in [2.05, 4.69) is 121 Å². The summed E-state index contributed by atoms with van der Waals surface area (Å²) < 4.78 is 14.7. The van der Waals surface area contributed by atoms with Crippen molar-refractivity contribution in [2.75, 3.05) is 5.75 Å². The third-order valence-corrected chi connectivity index (χ3v) is 24.6. The predicted octanol–water partition coefficient (Wildman–Crippen LogP) is 11.7. The number of aliphatic hydroxyl groups is 1. The number of fused-ring (bicyclic) bond motifs is 5. The summed E-state index contributed by atoms with van der Waals surface area (Å²) in [6.45, 7) is 35.9. The largest absolute Gasteiger partial charge is 0.414 e. The maximum Gasteiger partial charge on any atom is 0.192 e. The van der Waals surface area contributed by atoms with Gasteiger partial charge in [0, 0.05) is 16.4 Å². The molecule has 6 heteroatoms. The molecule has 0 spiro atoms. The molecule has 0 heterocycles. The summed E-state index contributed by atoms with van der Waals surface area (Å²) in [7, 11) is -3.94. The number of hydrogen-bond acceptors (Lipinski definition) is 4. The standard InChI is InChI=1S/C40H72O3SSi2/c1-16-28(17-2)35(41)26-44-27(3)32-20-21-33-31-19-18-29-24-30(42-45(12,13)37(4,5)6)25-36(43-46(14,15)38(7,8)9)40(29,11)34(31)22-23-39(32,33)10/h18-20,27-28,30,33-36,41H,16-17,21-26H2,1-15H3/t27-,30+,33-,34-,35-,36-,39+,40-/m0/s1. The van der Waals surface area contributed by atoms with E-state index in [0.717, 1.165) is 37.9 Å². The van der Waals surface area contributed by atoms with Crippen LogP contribution in [0, 0.1) is 28.6 Å². The van der Waals surface area contributed by atoms with Crippen molar-refractivity contribution in [3.8, 4) is 0 Å². The highest BCUT2D eigenvalue weighted by molar-refractivity contribution is 8.00. The zero-order valence-electron chi connectivity index (χ0n) is 32.6. The van der Waals surface area contributed by atoms with Crippen molar-refractivity contribution < 1.29 is 14.0 Å². The maximum atomic E-state index is 10.9. The fraction of sp³-hybridized carbons (Fsp3) is 0.850. The Labute approximate surface area is 291 Å². The van der Waals surface area contributed by atoms with E-state index < -0.39 is 16.6 Å². The third-order valence-electron chi connectivity index (χ3n) is 14.3. The van der Waals surface area contributed by atoms with E-state index in [9.17, 15) is 5.11 Å². The van der Waals surface area contributed by atoms with Crippen LogP contribution in [0.5, 0.6) is 0 Å². The summed E-state index contributed by atoms with van der Waals surface area (Å²) in [6.07, 6.45) is 15.7. The van der Waals surface area contributed by atoms with Gasteiger partial charge in [-0.25, -0.2) is 0 Å². The van der Waals surface area contributed by atoms with Gasteiger partial charge in [0.2, 0.25) is 0 Å². The molecule has 4 aliphatic rings. The molecule has 3 nitrogen and oxygen atoms in total. The Morgan fingerprint density at radius 1 is 0.935 bits per heavy atom. The van der Waals surface area contributed by atoms with E-state index in [1.54, 1.807) is 16.7 Å². The SMILES string of the molecule is CCC(CC)[C@@H](O)CS[C@@H](C)C1=CC[C@H]2C3=CC=C4C[C@@H](O[Si](C)(C)C(C)(C)C)C[C@H](O[Si](C)(C)C(C)(C)C)[C@]4(C)[C@H]3CC[C@]12C.